The third-order valence-electron chi connectivity index (χ3n) is 2.86. The quantitative estimate of drug-likeness (QED) is 0.323. The number of carbonyl (C=O) groups excluding carboxylic acids is 1. The molecule has 116 valence electrons. The number of carbonyl (C=O) groups is 1. The first-order valence-corrected chi connectivity index (χ1v) is 6.70. The Kier molecular flexibility index (Phi) is 7.34. The molecular weight excluding hydrogens is 276 g/mol. The molecule has 0 aliphatic heterocycles. The van der Waals surface area contributed by atoms with E-state index in [1.54, 1.807) is 19.1 Å². The number of rotatable bonds is 9. The van der Waals surface area contributed by atoms with Gasteiger partial charge in [-0.2, -0.15) is 0 Å². The minimum Gasteiger partial charge on any atom is -0.466 e. The number of benzene rings is 1. The van der Waals surface area contributed by atoms with Gasteiger partial charge in [-0.05, 0) is 12.5 Å². The lowest BCUT2D eigenvalue weighted by molar-refractivity contribution is -0.385. The highest BCUT2D eigenvalue weighted by Gasteiger charge is 2.16. The largest absolute Gasteiger partial charge is 0.466 e. The molecule has 1 aromatic carbocycles. The SMILES string of the molecule is CCOC(=O)CCNCc1c(COC)cccc1[N+](=O)[O-]. The first-order valence-electron chi connectivity index (χ1n) is 6.70. The number of hydrogen-bond acceptors (Lipinski definition) is 6. The van der Waals surface area contributed by atoms with Crippen molar-refractivity contribution in [1.29, 1.82) is 0 Å². The van der Waals surface area contributed by atoms with E-state index in [0.717, 1.165) is 5.56 Å². The van der Waals surface area contributed by atoms with Crippen LogP contribution in [0.5, 0.6) is 0 Å². The highest BCUT2D eigenvalue weighted by atomic mass is 16.6. The van der Waals surface area contributed by atoms with E-state index in [1.807, 2.05) is 0 Å². The average molecular weight is 296 g/mol. The molecular formula is C14H20N2O5. The molecule has 0 aliphatic carbocycles. The molecule has 21 heavy (non-hydrogen) atoms. The van der Waals surface area contributed by atoms with Crippen molar-refractivity contribution in [2.45, 2.75) is 26.5 Å². The number of nitrogens with zero attached hydrogens (tertiary/aromatic N) is 1. The van der Waals surface area contributed by atoms with Gasteiger partial charge in [-0.25, -0.2) is 0 Å². The third-order valence-corrected chi connectivity index (χ3v) is 2.86. The molecule has 0 spiro atoms. The van der Waals surface area contributed by atoms with Gasteiger partial charge in [-0.1, -0.05) is 12.1 Å². The number of ether oxygens (including phenoxy) is 2. The maximum atomic E-state index is 11.2. The van der Waals surface area contributed by atoms with Crippen LogP contribution in [-0.4, -0.2) is 31.2 Å². The van der Waals surface area contributed by atoms with E-state index in [1.165, 1.54) is 13.2 Å². The van der Waals surface area contributed by atoms with Crippen molar-refractivity contribution in [3.63, 3.8) is 0 Å². The predicted molar refractivity (Wildman–Crippen MR) is 76.8 cm³/mol. The Labute approximate surface area is 123 Å². The van der Waals surface area contributed by atoms with Gasteiger partial charge >= 0.3 is 5.97 Å². The van der Waals surface area contributed by atoms with E-state index in [2.05, 4.69) is 5.32 Å². The van der Waals surface area contributed by atoms with Crippen LogP contribution in [-0.2, 0) is 27.4 Å². The summed E-state index contributed by atoms with van der Waals surface area (Å²) in [6, 6.07) is 4.88. The minimum atomic E-state index is -0.415. The van der Waals surface area contributed by atoms with Crippen LogP contribution in [0.4, 0.5) is 5.69 Å². The third kappa shape index (κ3) is 5.49. The molecule has 0 atom stereocenters. The second-order valence-electron chi connectivity index (χ2n) is 4.34. The molecule has 1 aromatic rings. The number of nitrogens with one attached hydrogen (secondary N) is 1. The van der Waals surface area contributed by atoms with Crippen molar-refractivity contribution < 1.29 is 19.2 Å². The minimum absolute atomic E-state index is 0.0492. The number of esters is 1. The summed E-state index contributed by atoms with van der Waals surface area (Å²) >= 11 is 0. The first kappa shape index (κ1) is 17.1. The maximum absolute atomic E-state index is 11.2. The molecule has 0 aromatic heterocycles. The zero-order chi connectivity index (χ0) is 15.7. The number of methoxy groups -OCH3 is 1. The Bertz CT molecular complexity index is 490. The molecule has 0 radical (unpaired) electrons. The van der Waals surface area contributed by atoms with Gasteiger partial charge in [0.05, 0.1) is 24.6 Å². The second-order valence-corrected chi connectivity index (χ2v) is 4.34. The van der Waals surface area contributed by atoms with Crippen LogP contribution in [0, 0.1) is 10.1 Å². The van der Waals surface area contributed by atoms with Gasteiger partial charge in [0.1, 0.15) is 0 Å². The van der Waals surface area contributed by atoms with E-state index in [0.29, 0.717) is 31.9 Å². The van der Waals surface area contributed by atoms with Gasteiger partial charge in [0, 0.05) is 31.8 Å². The Hall–Kier alpha value is -1.99. The summed E-state index contributed by atoms with van der Waals surface area (Å²) in [6.45, 7) is 3.10. The van der Waals surface area contributed by atoms with Crippen molar-refractivity contribution in [2.24, 2.45) is 0 Å². The van der Waals surface area contributed by atoms with E-state index >= 15 is 0 Å². The molecule has 7 heteroatoms. The van der Waals surface area contributed by atoms with Gasteiger partial charge in [0.25, 0.3) is 5.69 Å². The Morgan fingerprint density at radius 1 is 1.43 bits per heavy atom. The van der Waals surface area contributed by atoms with Crippen LogP contribution in [0.3, 0.4) is 0 Å². The number of hydrogen-bond donors (Lipinski definition) is 1. The first-order chi connectivity index (χ1) is 10.1. The van der Waals surface area contributed by atoms with Gasteiger partial charge in [-0.15, -0.1) is 0 Å². The molecule has 1 rings (SSSR count). The lowest BCUT2D eigenvalue weighted by Crippen LogP contribution is -2.20. The summed E-state index contributed by atoms with van der Waals surface area (Å²) in [5.74, 6) is -0.287. The average Bonchev–Trinajstić information content (AvgIpc) is 2.45. The molecule has 1 N–H and O–H groups in total. The van der Waals surface area contributed by atoms with Crippen LogP contribution in [0.25, 0.3) is 0 Å². The van der Waals surface area contributed by atoms with Gasteiger partial charge in [-0.3, -0.25) is 14.9 Å². The van der Waals surface area contributed by atoms with Crippen LogP contribution in [0.1, 0.15) is 24.5 Å². The Morgan fingerprint density at radius 2 is 2.19 bits per heavy atom. The lowest BCUT2D eigenvalue weighted by Gasteiger charge is -2.10. The molecule has 0 unspecified atom stereocenters. The number of nitro benzene ring substituents is 1. The van der Waals surface area contributed by atoms with Gasteiger partial charge in [0.2, 0.25) is 0 Å². The molecule has 0 saturated heterocycles. The van der Waals surface area contributed by atoms with Crippen molar-refractivity contribution in [2.75, 3.05) is 20.3 Å². The Morgan fingerprint density at radius 3 is 2.81 bits per heavy atom. The van der Waals surface area contributed by atoms with Gasteiger partial charge < -0.3 is 14.8 Å². The summed E-state index contributed by atoms with van der Waals surface area (Å²) < 4.78 is 9.87. The lowest BCUT2D eigenvalue weighted by atomic mass is 10.1. The maximum Gasteiger partial charge on any atom is 0.307 e. The standard InChI is InChI=1S/C14H20N2O5/c1-3-21-14(17)7-8-15-9-12-11(10-20-2)5-4-6-13(12)16(18)19/h4-6,15H,3,7-10H2,1-2H3. The fraction of sp³-hybridized carbons (Fsp3) is 0.500. The van der Waals surface area contributed by atoms with Crippen molar-refractivity contribution in [3.05, 3.63) is 39.4 Å². The Balaban J connectivity index is 2.67. The van der Waals surface area contributed by atoms with E-state index < -0.39 is 4.92 Å². The van der Waals surface area contributed by atoms with Crippen LogP contribution >= 0.6 is 0 Å². The summed E-state index contributed by atoms with van der Waals surface area (Å²) in [5, 5.41) is 14.1. The molecule has 0 amide bonds. The molecule has 0 heterocycles. The number of nitro groups is 1. The highest BCUT2D eigenvalue weighted by Crippen LogP contribution is 2.22. The van der Waals surface area contributed by atoms with Crippen LogP contribution in [0.15, 0.2) is 18.2 Å². The zero-order valence-corrected chi connectivity index (χ0v) is 12.3. The zero-order valence-electron chi connectivity index (χ0n) is 12.3. The van der Waals surface area contributed by atoms with Crippen molar-refractivity contribution in [3.8, 4) is 0 Å². The monoisotopic (exact) mass is 296 g/mol. The predicted octanol–water partition coefficient (Wildman–Crippen LogP) is 1.78. The van der Waals surface area contributed by atoms with Crippen LogP contribution in [0.2, 0.25) is 0 Å². The molecule has 0 saturated carbocycles. The molecule has 0 fully saturated rings. The van der Waals surface area contributed by atoms with E-state index in [-0.39, 0.29) is 18.1 Å². The normalized spacial score (nSPS) is 10.4. The molecule has 0 aliphatic rings. The van der Waals surface area contributed by atoms with Crippen molar-refractivity contribution >= 4 is 11.7 Å². The van der Waals surface area contributed by atoms with E-state index in [9.17, 15) is 14.9 Å². The second kappa shape index (κ2) is 9.04. The summed E-state index contributed by atoms with van der Waals surface area (Å²) in [7, 11) is 1.54. The fourth-order valence-electron chi connectivity index (χ4n) is 1.92. The summed E-state index contributed by atoms with van der Waals surface area (Å²) in [5.41, 5.74) is 1.39. The summed E-state index contributed by atoms with van der Waals surface area (Å²) in [6.07, 6.45) is 0.230. The molecule has 0 bridgehead atoms. The van der Waals surface area contributed by atoms with Crippen LogP contribution < -0.4 is 5.32 Å². The van der Waals surface area contributed by atoms with Crippen molar-refractivity contribution in [1.82, 2.24) is 5.32 Å². The smallest absolute Gasteiger partial charge is 0.307 e. The van der Waals surface area contributed by atoms with Gasteiger partial charge in [0.15, 0.2) is 0 Å². The topological polar surface area (TPSA) is 90.7 Å². The summed E-state index contributed by atoms with van der Waals surface area (Å²) in [4.78, 5) is 21.9. The van der Waals surface area contributed by atoms with E-state index in [4.69, 9.17) is 9.47 Å². The molecule has 7 nitrogen and oxygen atoms in total. The fourth-order valence-corrected chi connectivity index (χ4v) is 1.92. The highest BCUT2D eigenvalue weighted by molar-refractivity contribution is 5.69.